The molecule has 24 heavy (non-hydrogen) atoms. The molecule has 0 radical (unpaired) electrons. The number of carbonyl (C=O) groups excluding carboxylic acids is 3. The van der Waals surface area contributed by atoms with Gasteiger partial charge in [0.05, 0.1) is 13.0 Å². The van der Waals surface area contributed by atoms with Gasteiger partial charge in [0.15, 0.2) is 0 Å². The Bertz CT molecular complexity index is 633. The molecule has 0 unspecified atom stereocenters. The average Bonchev–Trinajstić information content (AvgIpc) is 3.06. The van der Waals surface area contributed by atoms with Crippen LogP contribution in [-0.4, -0.2) is 49.4 Å². The Morgan fingerprint density at radius 2 is 1.75 bits per heavy atom. The van der Waals surface area contributed by atoms with Crippen molar-refractivity contribution in [2.24, 2.45) is 5.92 Å². The molecule has 0 saturated carbocycles. The summed E-state index contributed by atoms with van der Waals surface area (Å²) in [5.74, 6) is -0.194. The van der Waals surface area contributed by atoms with Crippen LogP contribution in [0.3, 0.4) is 0 Å². The molecule has 0 aliphatic carbocycles. The first-order valence-corrected chi connectivity index (χ1v) is 8.37. The molecule has 128 valence electrons. The largest absolute Gasteiger partial charge is 0.469 e. The van der Waals surface area contributed by atoms with Crippen LogP contribution < -0.4 is 4.90 Å². The highest BCUT2D eigenvalue weighted by Gasteiger charge is 2.28. The van der Waals surface area contributed by atoms with Gasteiger partial charge in [-0.3, -0.25) is 14.4 Å². The van der Waals surface area contributed by atoms with Crippen LogP contribution in [0.5, 0.6) is 0 Å². The molecule has 2 fully saturated rings. The molecule has 6 heteroatoms. The summed E-state index contributed by atoms with van der Waals surface area (Å²) in [6.45, 7) is 1.86. The molecule has 6 nitrogen and oxygen atoms in total. The monoisotopic (exact) mass is 330 g/mol. The van der Waals surface area contributed by atoms with E-state index in [1.54, 1.807) is 21.9 Å². The number of esters is 1. The van der Waals surface area contributed by atoms with Gasteiger partial charge in [-0.15, -0.1) is 0 Å². The van der Waals surface area contributed by atoms with Crippen molar-refractivity contribution in [3.8, 4) is 0 Å². The predicted octanol–water partition coefficient (Wildman–Crippen LogP) is 1.84. The highest BCUT2D eigenvalue weighted by atomic mass is 16.5. The van der Waals surface area contributed by atoms with Crippen molar-refractivity contribution >= 4 is 23.5 Å². The van der Waals surface area contributed by atoms with E-state index in [4.69, 9.17) is 4.74 Å². The number of likely N-dealkylation sites (tertiary alicyclic amines) is 1. The van der Waals surface area contributed by atoms with Gasteiger partial charge >= 0.3 is 5.97 Å². The lowest BCUT2D eigenvalue weighted by Gasteiger charge is -2.30. The van der Waals surface area contributed by atoms with Crippen LogP contribution >= 0.6 is 0 Å². The minimum atomic E-state index is -0.193. The van der Waals surface area contributed by atoms with Gasteiger partial charge in [0.2, 0.25) is 5.91 Å². The molecule has 2 aliphatic heterocycles. The molecule has 0 N–H and O–H groups in total. The van der Waals surface area contributed by atoms with E-state index in [9.17, 15) is 14.4 Å². The zero-order valence-electron chi connectivity index (χ0n) is 13.9. The molecular formula is C18H22N2O4. The number of anilines is 1. The van der Waals surface area contributed by atoms with Gasteiger partial charge in [0.1, 0.15) is 0 Å². The van der Waals surface area contributed by atoms with Gasteiger partial charge in [-0.1, -0.05) is 0 Å². The number of carbonyl (C=O) groups is 3. The molecule has 2 heterocycles. The quantitative estimate of drug-likeness (QED) is 0.793. The zero-order chi connectivity index (χ0) is 17.1. The Labute approximate surface area is 141 Å². The van der Waals surface area contributed by atoms with E-state index >= 15 is 0 Å². The number of ether oxygens (including phenoxy) is 1. The van der Waals surface area contributed by atoms with E-state index in [1.165, 1.54) is 7.11 Å². The minimum absolute atomic E-state index is 0.0300. The van der Waals surface area contributed by atoms with Gasteiger partial charge in [-0.25, -0.2) is 0 Å². The summed E-state index contributed by atoms with van der Waals surface area (Å²) >= 11 is 0. The van der Waals surface area contributed by atoms with E-state index in [1.807, 2.05) is 12.1 Å². The summed E-state index contributed by atoms with van der Waals surface area (Å²) in [6, 6.07) is 7.21. The average molecular weight is 330 g/mol. The van der Waals surface area contributed by atoms with Crippen LogP contribution in [0, 0.1) is 5.92 Å². The van der Waals surface area contributed by atoms with Crippen LogP contribution in [0.2, 0.25) is 0 Å². The topological polar surface area (TPSA) is 66.9 Å². The molecule has 0 aromatic heterocycles. The minimum Gasteiger partial charge on any atom is -0.469 e. The van der Waals surface area contributed by atoms with Crippen LogP contribution in [-0.2, 0) is 14.3 Å². The second kappa shape index (κ2) is 7.03. The maximum absolute atomic E-state index is 12.6. The van der Waals surface area contributed by atoms with E-state index < -0.39 is 0 Å². The zero-order valence-corrected chi connectivity index (χ0v) is 13.9. The van der Waals surface area contributed by atoms with Gasteiger partial charge in [0.25, 0.3) is 5.91 Å². The van der Waals surface area contributed by atoms with Crippen molar-refractivity contribution < 1.29 is 19.1 Å². The van der Waals surface area contributed by atoms with Crippen LogP contribution in [0.1, 0.15) is 36.0 Å². The van der Waals surface area contributed by atoms with Crippen molar-refractivity contribution in [1.82, 2.24) is 4.90 Å². The van der Waals surface area contributed by atoms with Crippen LogP contribution in [0.15, 0.2) is 24.3 Å². The number of nitrogens with zero attached hydrogens (tertiary/aromatic N) is 2. The fourth-order valence-corrected chi connectivity index (χ4v) is 3.37. The molecule has 1 aromatic carbocycles. The summed E-state index contributed by atoms with van der Waals surface area (Å²) < 4.78 is 4.77. The van der Waals surface area contributed by atoms with Crippen molar-refractivity contribution in [2.75, 3.05) is 31.6 Å². The first-order valence-electron chi connectivity index (χ1n) is 8.37. The number of rotatable bonds is 3. The Balaban J connectivity index is 1.61. The summed E-state index contributed by atoms with van der Waals surface area (Å²) in [4.78, 5) is 39.4. The van der Waals surface area contributed by atoms with Gasteiger partial charge in [-0.05, 0) is 43.5 Å². The molecule has 0 spiro atoms. The van der Waals surface area contributed by atoms with E-state index in [2.05, 4.69) is 0 Å². The van der Waals surface area contributed by atoms with Crippen molar-refractivity contribution in [3.63, 3.8) is 0 Å². The van der Waals surface area contributed by atoms with Gasteiger partial charge < -0.3 is 14.5 Å². The second-order valence-electron chi connectivity index (χ2n) is 6.29. The molecule has 1 aromatic rings. The van der Waals surface area contributed by atoms with Crippen molar-refractivity contribution in [3.05, 3.63) is 29.8 Å². The van der Waals surface area contributed by atoms with Crippen molar-refractivity contribution in [1.29, 1.82) is 0 Å². The number of amides is 2. The van der Waals surface area contributed by atoms with E-state index in [0.717, 1.165) is 18.7 Å². The highest BCUT2D eigenvalue weighted by Crippen LogP contribution is 2.23. The Hall–Kier alpha value is -2.37. The predicted molar refractivity (Wildman–Crippen MR) is 88.7 cm³/mol. The molecule has 2 aliphatic rings. The third-order valence-corrected chi connectivity index (χ3v) is 4.82. The summed E-state index contributed by atoms with van der Waals surface area (Å²) in [5.41, 5.74) is 1.46. The Kier molecular flexibility index (Phi) is 4.83. The summed E-state index contributed by atoms with van der Waals surface area (Å²) in [7, 11) is 1.40. The molecule has 3 rings (SSSR count). The number of methoxy groups -OCH3 is 1. The number of piperidine rings is 1. The summed E-state index contributed by atoms with van der Waals surface area (Å²) in [5, 5.41) is 0. The third kappa shape index (κ3) is 3.27. The first-order chi connectivity index (χ1) is 11.6. The standard InChI is InChI=1S/C18H22N2O4/c1-24-18(23)14-8-11-19(12-9-14)17(22)13-4-6-15(7-5-13)20-10-2-3-16(20)21/h4-7,14H,2-3,8-12H2,1H3. The molecule has 0 bridgehead atoms. The number of benzene rings is 1. The normalized spacial score (nSPS) is 18.8. The fourth-order valence-electron chi connectivity index (χ4n) is 3.37. The lowest BCUT2D eigenvalue weighted by Crippen LogP contribution is -2.40. The lowest BCUT2D eigenvalue weighted by atomic mass is 9.96. The Morgan fingerprint density at radius 3 is 2.29 bits per heavy atom. The highest BCUT2D eigenvalue weighted by molar-refractivity contribution is 5.97. The Morgan fingerprint density at radius 1 is 1.08 bits per heavy atom. The summed E-state index contributed by atoms with van der Waals surface area (Å²) in [6.07, 6.45) is 2.75. The second-order valence-corrected chi connectivity index (χ2v) is 6.29. The van der Waals surface area contributed by atoms with Crippen LogP contribution in [0.25, 0.3) is 0 Å². The SMILES string of the molecule is COC(=O)C1CCN(C(=O)c2ccc(N3CCCC3=O)cc2)CC1. The third-order valence-electron chi connectivity index (χ3n) is 4.82. The molecule has 2 saturated heterocycles. The fraction of sp³-hybridized carbons (Fsp3) is 0.500. The van der Waals surface area contributed by atoms with E-state index in [-0.39, 0.29) is 23.7 Å². The van der Waals surface area contributed by atoms with Gasteiger partial charge in [0, 0.05) is 37.3 Å². The van der Waals surface area contributed by atoms with Crippen molar-refractivity contribution in [2.45, 2.75) is 25.7 Å². The van der Waals surface area contributed by atoms with Gasteiger partial charge in [-0.2, -0.15) is 0 Å². The molecule has 2 amide bonds. The maximum atomic E-state index is 12.6. The van der Waals surface area contributed by atoms with E-state index in [0.29, 0.717) is 37.9 Å². The molecular weight excluding hydrogens is 308 g/mol. The lowest BCUT2D eigenvalue weighted by molar-refractivity contribution is -0.146. The number of hydrogen-bond acceptors (Lipinski definition) is 4. The molecule has 0 atom stereocenters. The smallest absolute Gasteiger partial charge is 0.308 e. The van der Waals surface area contributed by atoms with Crippen LogP contribution in [0.4, 0.5) is 5.69 Å². The number of hydrogen-bond donors (Lipinski definition) is 0. The maximum Gasteiger partial charge on any atom is 0.308 e. The first kappa shape index (κ1) is 16.5.